The van der Waals surface area contributed by atoms with Crippen LogP contribution in [0.3, 0.4) is 0 Å². The summed E-state index contributed by atoms with van der Waals surface area (Å²) < 4.78 is 27.3. The van der Waals surface area contributed by atoms with Gasteiger partial charge in [-0.05, 0) is 37.6 Å². The summed E-state index contributed by atoms with van der Waals surface area (Å²) in [7, 11) is 0. The highest BCUT2D eigenvalue weighted by Gasteiger charge is 2.12. The van der Waals surface area contributed by atoms with Gasteiger partial charge in [0.25, 0.3) is 0 Å². The quantitative estimate of drug-likeness (QED) is 0.713. The first-order valence-electron chi connectivity index (χ1n) is 4.96. The average Bonchev–Trinajstić information content (AvgIpc) is 2.19. The van der Waals surface area contributed by atoms with Gasteiger partial charge in [-0.2, -0.15) is 0 Å². The van der Waals surface area contributed by atoms with Gasteiger partial charge < -0.3 is 0 Å². The molecular weight excluding hydrogens is 208 g/mol. The van der Waals surface area contributed by atoms with Crippen LogP contribution in [0.25, 0.3) is 11.1 Å². The number of pyridine rings is 1. The third kappa shape index (κ3) is 1.94. The van der Waals surface area contributed by atoms with Crippen molar-refractivity contribution in [3.63, 3.8) is 0 Å². The second-order valence-corrected chi connectivity index (χ2v) is 3.79. The number of halogens is 2. The topological polar surface area (TPSA) is 12.9 Å². The second-order valence-electron chi connectivity index (χ2n) is 3.79. The fourth-order valence-electron chi connectivity index (χ4n) is 1.59. The van der Waals surface area contributed by atoms with E-state index < -0.39 is 11.6 Å². The Morgan fingerprint density at radius 1 is 1.00 bits per heavy atom. The highest BCUT2D eigenvalue weighted by molar-refractivity contribution is 5.64. The highest BCUT2D eigenvalue weighted by Crippen LogP contribution is 2.26. The maximum Gasteiger partial charge on any atom is 0.134 e. The fraction of sp³-hybridized carbons (Fsp3) is 0.154. The lowest BCUT2D eigenvalue weighted by molar-refractivity contribution is 0.587. The number of aromatic nitrogens is 1. The smallest absolute Gasteiger partial charge is 0.134 e. The summed E-state index contributed by atoms with van der Waals surface area (Å²) in [6.07, 6.45) is 1.48. The van der Waals surface area contributed by atoms with Gasteiger partial charge in [0.1, 0.15) is 11.6 Å². The van der Waals surface area contributed by atoms with Crippen LogP contribution in [0.4, 0.5) is 8.78 Å². The molecule has 0 bridgehead atoms. The molecule has 0 aliphatic heterocycles. The molecule has 1 aromatic heterocycles. The monoisotopic (exact) mass is 219 g/mol. The molecule has 0 atom stereocenters. The number of benzene rings is 1. The average molecular weight is 219 g/mol. The van der Waals surface area contributed by atoms with Crippen molar-refractivity contribution in [2.75, 3.05) is 0 Å². The number of hydrogen-bond acceptors (Lipinski definition) is 1. The van der Waals surface area contributed by atoms with Crippen LogP contribution in [0.2, 0.25) is 0 Å². The predicted molar refractivity (Wildman–Crippen MR) is 59.1 cm³/mol. The first-order valence-corrected chi connectivity index (χ1v) is 4.96. The Morgan fingerprint density at radius 3 is 2.12 bits per heavy atom. The Hall–Kier alpha value is -1.77. The van der Waals surface area contributed by atoms with Gasteiger partial charge >= 0.3 is 0 Å². The van der Waals surface area contributed by atoms with Crippen molar-refractivity contribution in [2.45, 2.75) is 13.8 Å². The van der Waals surface area contributed by atoms with Crippen LogP contribution >= 0.6 is 0 Å². The van der Waals surface area contributed by atoms with Gasteiger partial charge in [-0.25, -0.2) is 8.78 Å². The van der Waals surface area contributed by atoms with E-state index >= 15 is 0 Å². The van der Waals surface area contributed by atoms with E-state index in [1.807, 2.05) is 6.92 Å². The van der Waals surface area contributed by atoms with Crippen molar-refractivity contribution in [3.05, 3.63) is 53.4 Å². The molecule has 82 valence electrons. The molecule has 0 aliphatic carbocycles. The third-order valence-corrected chi connectivity index (χ3v) is 2.39. The van der Waals surface area contributed by atoms with Crippen molar-refractivity contribution >= 4 is 0 Å². The lowest BCUT2D eigenvalue weighted by atomic mass is 10.0. The maximum absolute atomic E-state index is 13.6. The van der Waals surface area contributed by atoms with Crippen LogP contribution in [0, 0.1) is 25.5 Å². The van der Waals surface area contributed by atoms with E-state index in [1.165, 1.54) is 18.3 Å². The van der Waals surface area contributed by atoms with Crippen molar-refractivity contribution < 1.29 is 8.78 Å². The predicted octanol–water partition coefficient (Wildman–Crippen LogP) is 3.64. The Kier molecular flexibility index (Phi) is 2.69. The number of hydrogen-bond donors (Lipinski definition) is 0. The van der Waals surface area contributed by atoms with Crippen LogP contribution in [-0.2, 0) is 0 Å². The Bertz CT molecular complexity index is 495. The van der Waals surface area contributed by atoms with Crippen LogP contribution in [0.5, 0.6) is 0 Å². The largest absolute Gasteiger partial charge is 0.261 e. The lowest BCUT2D eigenvalue weighted by Crippen LogP contribution is -1.93. The van der Waals surface area contributed by atoms with Gasteiger partial charge in [-0.1, -0.05) is 6.07 Å². The van der Waals surface area contributed by atoms with Crippen molar-refractivity contribution in [1.82, 2.24) is 4.98 Å². The Morgan fingerprint density at radius 2 is 1.62 bits per heavy atom. The summed E-state index contributed by atoms with van der Waals surface area (Å²) >= 11 is 0. The second kappa shape index (κ2) is 4.00. The Labute approximate surface area is 92.8 Å². The first kappa shape index (κ1) is 10.7. The van der Waals surface area contributed by atoms with E-state index in [9.17, 15) is 8.78 Å². The van der Waals surface area contributed by atoms with E-state index in [2.05, 4.69) is 4.98 Å². The third-order valence-electron chi connectivity index (χ3n) is 2.39. The maximum atomic E-state index is 13.6. The summed E-state index contributed by atoms with van der Waals surface area (Å²) in [4.78, 5) is 4.03. The molecule has 0 amide bonds. The van der Waals surface area contributed by atoms with Crippen LogP contribution in [-0.4, -0.2) is 4.98 Å². The molecule has 0 unspecified atom stereocenters. The molecule has 0 saturated heterocycles. The van der Waals surface area contributed by atoms with Crippen LogP contribution in [0.15, 0.2) is 30.5 Å². The molecule has 2 rings (SSSR count). The lowest BCUT2D eigenvalue weighted by Gasteiger charge is -2.06. The molecular formula is C13H11F2N. The minimum atomic E-state index is -0.553. The van der Waals surface area contributed by atoms with E-state index in [0.29, 0.717) is 11.1 Å². The van der Waals surface area contributed by atoms with E-state index in [-0.39, 0.29) is 5.56 Å². The van der Waals surface area contributed by atoms with Crippen molar-refractivity contribution in [3.8, 4) is 11.1 Å². The van der Waals surface area contributed by atoms with Crippen LogP contribution in [0.1, 0.15) is 11.3 Å². The molecule has 0 N–H and O–H groups in total. The number of aryl methyl sites for hydroxylation is 2. The van der Waals surface area contributed by atoms with Gasteiger partial charge in [0.2, 0.25) is 0 Å². The summed E-state index contributed by atoms with van der Waals surface area (Å²) in [6, 6.07) is 6.03. The summed E-state index contributed by atoms with van der Waals surface area (Å²) in [5, 5.41) is 0. The van der Waals surface area contributed by atoms with E-state index in [4.69, 9.17) is 0 Å². The molecule has 0 fully saturated rings. The van der Waals surface area contributed by atoms with E-state index in [0.717, 1.165) is 5.69 Å². The van der Waals surface area contributed by atoms with Gasteiger partial charge in [0.05, 0.1) is 5.56 Å². The summed E-state index contributed by atoms with van der Waals surface area (Å²) in [5.41, 5.74) is 1.83. The molecule has 16 heavy (non-hydrogen) atoms. The van der Waals surface area contributed by atoms with E-state index in [1.54, 1.807) is 19.1 Å². The minimum Gasteiger partial charge on any atom is -0.261 e. The molecule has 0 spiro atoms. The van der Waals surface area contributed by atoms with Gasteiger partial charge in [-0.15, -0.1) is 0 Å². The molecule has 1 aromatic carbocycles. The van der Waals surface area contributed by atoms with Crippen molar-refractivity contribution in [1.29, 1.82) is 0 Å². The molecule has 1 nitrogen and oxygen atoms in total. The number of nitrogens with zero attached hydrogens (tertiary/aromatic N) is 1. The molecule has 0 aliphatic rings. The summed E-state index contributed by atoms with van der Waals surface area (Å²) in [6.45, 7) is 3.48. The molecule has 2 aromatic rings. The zero-order valence-corrected chi connectivity index (χ0v) is 9.09. The SMILES string of the molecule is Cc1cc(F)c(-c2ccc(C)nc2)c(F)c1. The molecule has 1 heterocycles. The van der Waals surface area contributed by atoms with Crippen molar-refractivity contribution in [2.24, 2.45) is 0 Å². The Balaban J connectivity index is 2.60. The van der Waals surface area contributed by atoms with Gasteiger partial charge in [-0.3, -0.25) is 4.98 Å². The molecule has 0 saturated carbocycles. The first-order chi connectivity index (χ1) is 7.58. The zero-order chi connectivity index (χ0) is 11.7. The summed E-state index contributed by atoms with van der Waals surface area (Å²) in [5.74, 6) is -1.11. The highest BCUT2D eigenvalue weighted by atomic mass is 19.1. The number of rotatable bonds is 1. The minimum absolute atomic E-state index is 0.0156. The van der Waals surface area contributed by atoms with Gasteiger partial charge in [0, 0.05) is 17.5 Å². The standard InChI is InChI=1S/C13H11F2N/c1-8-5-11(14)13(12(15)6-8)10-4-3-9(2)16-7-10/h3-7H,1-2H3. The fourth-order valence-corrected chi connectivity index (χ4v) is 1.59. The normalized spacial score (nSPS) is 10.5. The zero-order valence-electron chi connectivity index (χ0n) is 9.09. The van der Waals surface area contributed by atoms with Crippen LogP contribution < -0.4 is 0 Å². The van der Waals surface area contributed by atoms with Gasteiger partial charge in [0.15, 0.2) is 0 Å². The molecule has 3 heteroatoms. The molecule has 0 radical (unpaired) electrons.